The molecule has 0 radical (unpaired) electrons. The third-order valence-electron chi connectivity index (χ3n) is 5.14. The van der Waals surface area contributed by atoms with Gasteiger partial charge in [0.1, 0.15) is 0 Å². The first-order chi connectivity index (χ1) is 10.9. The van der Waals surface area contributed by atoms with Crippen LogP contribution >= 0.6 is 0 Å². The molecule has 3 aliphatic carbocycles. The van der Waals surface area contributed by atoms with Gasteiger partial charge in [-0.15, -0.1) is 0 Å². The average molecular weight is 283 g/mol. The first-order valence-electron chi connectivity index (χ1n) is 8.02. The molecule has 1 nitrogen and oxygen atoms in total. The van der Waals surface area contributed by atoms with E-state index < -0.39 is 0 Å². The average Bonchev–Trinajstić information content (AvgIpc) is 2.95. The minimum atomic E-state index is 0.483. The van der Waals surface area contributed by atoms with E-state index in [1.165, 1.54) is 22.3 Å². The Labute approximate surface area is 130 Å². The molecular formula is C21H17N. The second-order valence-electron chi connectivity index (χ2n) is 6.43. The molecule has 0 aliphatic heterocycles. The Morgan fingerprint density at radius 1 is 1.00 bits per heavy atom. The molecule has 0 saturated carbocycles. The Hall–Kier alpha value is -2.41. The molecule has 1 atom stereocenters. The number of pyridine rings is 1. The summed E-state index contributed by atoms with van der Waals surface area (Å²) >= 11 is 0. The molecule has 0 N–H and O–H groups in total. The van der Waals surface area contributed by atoms with Gasteiger partial charge in [-0.05, 0) is 64.1 Å². The Balaban J connectivity index is 1.68. The van der Waals surface area contributed by atoms with Crippen molar-refractivity contribution >= 4 is 17.2 Å². The highest BCUT2D eigenvalue weighted by Gasteiger charge is 2.23. The minimum Gasteiger partial charge on any atom is -0.265 e. The van der Waals surface area contributed by atoms with Crippen molar-refractivity contribution in [3.8, 4) is 0 Å². The van der Waals surface area contributed by atoms with E-state index in [4.69, 9.17) is 0 Å². The highest BCUT2D eigenvalue weighted by atomic mass is 14.6. The summed E-state index contributed by atoms with van der Waals surface area (Å²) in [6.45, 7) is 0. The van der Waals surface area contributed by atoms with Crippen molar-refractivity contribution in [1.29, 1.82) is 0 Å². The summed E-state index contributed by atoms with van der Waals surface area (Å²) in [4.78, 5) is 4.13. The largest absolute Gasteiger partial charge is 0.265 e. The maximum Gasteiger partial charge on any atom is 0.0270 e. The van der Waals surface area contributed by atoms with Crippen LogP contribution in [0.4, 0.5) is 0 Å². The van der Waals surface area contributed by atoms with Gasteiger partial charge in [-0.1, -0.05) is 42.0 Å². The summed E-state index contributed by atoms with van der Waals surface area (Å²) in [7, 11) is 0. The highest BCUT2D eigenvalue weighted by Crippen LogP contribution is 2.31. The molecule has 1 heterocycles. The number of nitrogens with zero attached hydrogens (tertiary/aromatic N) is 1. The second kappa shape index (κ2) is 4.54. The summed E-state index contributed by atoms with van der Waals surface area (Å²) < 4.78 is 0. The van der Waals surface area contributed by atoms with Crippen molar-refractivity contribution in [3.63, 3.8) is 0 Å². The molecule has 2 aromatic rings. The van der Waals surface area contributed by atoms with Gasteiger partial charge >= 0.3 is 0 Å². The van der Waals surface area contributed by atoms with Crippen LogP contribution in [0.25, 0.3) is 17.2 Å². The third-order valence-corrected chi connectivity index (χ3v) is 5.14. The molecule has 0 bridgehead atoms. The summed E-state index contributed by atoms with van der Waals surface area (Å²) in [5.74, 6) is 0.483. The Kier molecular flexibility index (Phi) is 2.51. The van der Waals surface area contributed by atoms with Crippen LogP contribution in [0.15, 0.2) is 54.9 Å². The second-order valence-corrected chi connectivity index (χ2v) is 6.43. The summed E-state index contributed by atoms with van der Waals surface area (Å²) in [5.41, 5.74) is 7.42. The Morgan fingerprint density at radius 2 is 1.91 bits per heavy atom. The zero-order chi connectivity index (χ0) is 14.5. The number of benzene rings is 1. The molecule has 22 heavy (non-hydrogen) atoms. The van der Waals surface area contributed by atoms with Gasteiger partial charge in [-0.3, -0.25) is 4.98 Å². The van der Waals surface area contributed by atoms with Crippen LogP contribution < -0.4 is 10.4 Å². The fourth-order valence-electron chi connectivity index (χ4n) is 4.15. The number of aromatic nitrogens is 1. The topological polar surface area (TPSA) is 12.9 Å². The van der Waals surface area contributed by atoms with E-state index in [1.54, 1.807) is 16.0 Å². The SMILES string of the molecule is C1=Cc2ccc3c4c2=C(C1)CC=4C=CC3Cc1ccncc1. The van der Waals surface area contributed by atoms with Gasteiger partial charge in [0.15, 0.2) is 0 Å². The van der Waals surface area contributed by atoms with Crippen LogP contribution in [-0.4, -0.2) is 4.98 Å². The van der Waals surface area contributed by atoms with Gasteiger partial charge in [0, 0.05) is 18.3 Å². The lowest BCUT2D eigenvalue weighted by Gasteiger charge is -2.19. The zero-order valence-corrected chi connectivity index (χ0v) is 12.4. The number of allylic oxidation sites excluding steroid dienone is 3. The molecule has 1 heteroatoms. The molecule has 0 amide bonds. The smallest absolute Gasteiger partial charge is 0.0270 e. The summed E-state index contributed by atoms with van der Waals surface area (Å²) in [6, 6.07) is 8.92. The Bertz CT molecular complexity index is 945. The third kappa shape index (κ3) is 1.69. The molecule has 0 spiro atoms. The predicted molar refractivity (Wildman–Crippen MR) is 90.6 cm³/mol. The number of hydrogen-bond acceptors (Lipinski definition) is 1. The van der Waals surface area contributed by atoms with Crippen LogP contribution in [0.1, 0.15) is 35.4 Å². The highest BCUT2D eigenvalue weighted by molar-refractivity contribution is 5.80. The van der Waals surface area contributed by atoms with E-state index in [0.717, 1.165) is 19.3 Å². The van der Waals surface area contributed by atoms with Crippen LogP contribution in [0.2, 0.25) is 0 Å². The fourth-order valence-corrected chi connectivity index (χ4v) is 4.15. The van der Waals surface area contributed by atoms with Crippen molar-refractivity contribution in [2.75, 3.05) is 0 Å². The summed E-state index contributed by atoms with van der Waals surface area (Å²) in [5, 5.41) is 3.08. The van der Waals surface area contributed by atoms with Crippen molar-refractivity contribution in [3.05, 3.63) is 82.0 Å². The number of hydrogen-bond donors (Lipinski definition) is 0. The van der Waals surface area contributed by atoms with E-state index in [0.29, 0.717) is 5.92 Å². The quantitative estimate of drug-likeness (QED) is 0.825. The molecule has 5 rings (SSSR count). The van der Waals surface area contributed by atoms with Crippen molar-refractivity contribution in [1.82, 2.24) is 4.98 Å². The standard InChI is InChI=1S/C21H17N/c1-2-15-6-7-19-16(12-14-8-10-22-11-9-14)4-5-18-13-17(3-1)20(15)21(18)19/h1-2,4-11,16H,3,12-13H2. The molecule has 3 aliphatic rings. The molecule has 0 saturated heterocycles. The minimum absolute atomic E-state index is 0.483. The van der Waals surface area contributed by atoms with Gasteiger partial charge in [0.25, 0.3) is 0 Å². The molecule has 1 aromatic heterocycles. The molecule has 1 unspecified atom stereocenters. The van der Waals surface area contributed by atoms with E-state index in [9.17, 15) is 0 Å². The van der Waals surface area contributed by atoms with Crippen LogP contribution in [0.3, 0.4) is 0 Å². The van der Waals surface area contributed by atoms with Crippen LogP contribution in [0, 0.1) is 0 Å². The van der Waals surface area contributed by atoms with E-state index >= 15 is 0 Å². The normalized spacial score (nSPS) is 20.5. The molecular weight excluding hydrogens is 266 g/mol. The molecule has 106 valence electrons. The van der Waals surface area contributed by atoms with E-state index in [2.05, 4.69) is 53.6 Å². The van der Waals surface area contributed by atoms with Crippen molar-refractivity contribution in [2.45, 2.75) is 25.2 Å². The molecule has 0 fully saturated rings. The van der Waals surface area contributed by atoms with Gasteiger partial charge < -0.3 is 0 Å². The van der Waals surface area contributed by atoms with E-state index in [1.807, 2.05) is 12.4 Å². The van der Waals surface area contributed by atoms with Crippen LogP contribution in [-0.2, 0) is 6.42 Å². The monoisotopic (exact) mass is 283 g/mol. The first kappa shape index (κ1) is 12.2. The lowest BCUT2D eigenvalue weighted by atomic mass is 9.85. The van der Waals surface area contributed by atoms with Crippen LogP contribution in [0.5, 0.6) is 0 Å². The lowest BCUT2D eigenvalue weighted by Crippen LogP contribution is -2.34. The van der Waals surface area contributed by atoms with Crippen molar-refractivity contribution in [2.24, 2.45) is 0 Å². The fraction of sp³-hybridized carbons (Fsp3) is 0.190. The van der Waals surface area contributed by atoms with Gasteiger partial charge in [0.05, 0.1) is 0 Å². The van der Waals surface area contributed by atoms with E-state index in [-0.39, 0.29) is 0 Å². The number of rotatable bonds is 2. The predicted octanol–water partition coefficient (Wildman–Crippen LogP) is 3.10. The maximum atomic E-state index is 4.13. The first-order valence-corrected chi connectivity index (χ1v) is 8.02. The maximum absolute atomic E-state index is 4.13. The van der Waals surface area contributed by atoms with Gasteiger partial charge in [0.2, 0.25) is 0 Å². The summed E-state index contributed by atoms with van der Waals surface area (Å²) in [6.07, 6.45) is 16.5. The van der Waals surface area contributed by atoms with Gasteiger partial charge in [-0.2, -0.15) is 0 Å². The Morgan fingerprint density at radius 3 is 2.82 bits per heavy atom. The lowest BCUT2D eigenvalue weighted by molar-refractivity contribution is 0.820. The molecule has 1 aromatic carbocycles. The zero-order valence-electron chi connectivity index (χ0n) is 12.4. The van der Waals surface area contributed by atoms with Crippen molar-refractivity contribution < 1.29 is 0 Å². The van der Waals surface area contributed by atoms with Gasteiger partial charge in [-0.25, -0.2) is 0 Å².